The van der Waals surface area contributed by atoms with Crippen LogP contribution in [0.1, 0.15) is 24.4 Å². The smallest absolute Gasteiger partial charge is 0.226 e. The number of hydrogen-bond acceptors (Lipinski definition) is 6. The van der Waals surface area contributed by atoms with Crippen molar-refractivity contribution in [1.29, 1.82) is 0 Å². The summed E-state index contributed by atoms with van der Waals surface area (Å²) in [4.78, 5) is 24.6. The number of hydrogen-bond donors (Lipinski definition) is 0. The van der Waals surface area contributed by atoms with Gasteiger partial charge in [-0.25, -0.2) is 4.98 Å². The summed E-state index contributed by atoms with van der Waals surface area (Å²) in [6, 6.07) is 18.0. The van der Waals surface area contributed by atoms with Crippen LogP contribution in [-0.2, 0) is 11.2 Å². The average Bonchev–Trinajstić information content (AvgIpc) is 3.32. The van der Waals surface area contributed by atoms with E-state index in [1.807, 2.05) is 53.4 Å². The second-order valence-electron chi connectivity index (χ2n) is 8.83. The molecule has 1 fully saturated rings. The molecule has 3 heterocycles. The number of carbonyl (C=O) groups excluding carboxylic acids is 1. The third-order valence-electron chi connectivity index (χ3n) is 6.75. The maximum absolute atomic E-state index is 13.2. The molecule has 2 aromatic heterocycles. The fraction of sp³-hybridized carbons (Fsp3) is 0.321. The van der Waals surface area contributed by atoms with Crippen molar-refractivity contribution in [2.24, 2.45) is 0 Å². The second kappa shape index (κ2) is 10.3. The van der Waals surface area contributed by atoms with Gasteiger partial charge in [-0.3, -0.25) is 9.78 Å². The third kappa shape index (κ3) is 4.46. The number of nitrogens with zero attached hydrogens (tertiary/aromatic N) is 4. The molecule has 8 heteroatoms. The van der Waals surface area contributed by atoms with Crippen LogP contribution in [-0.4, -0.2) is 59.8 Å². The number of benzene rings is 2. The Kier molecular flexibility index (Phi) is 6.75. The molecule has 0 N–H and O–H groups in total. The third-order valence-corrected chi connectivity index (χ3v) is 6.75. The van der Waals surface area contributed by atoms with Crippen LogP contribution in [0.3, 0.4) is 0 Å². The van der Waals surface area contributed by atoms with Crippen molar-refractivity contribution in [2.75, 3.05) is 34.4 Å². The summed E-state index contributed by atoms with van der Waals surface area (Å²) in [6.45, 7) is 1.37. The molecular formula is C28H30N4O4. The Bertz CT molecular complexity index is 1340. The summed E-state index contributed by atoms with van der Waals surface area (Å²) < 4.78 is 18.6. The van der Waals surface area contributed by atoms with Crippen molar-refractivity contribution in [3.05, 3.63) is 66.4 Å². The number of imidazole rings is 1. The van der Waals surface area contributed by atoms with E-state index in [0.717, 1.165) is 41.0 Å². The van der Waals surface area contributed by atoms with Gasteiger partial charge < -0.3 is 23.7 Å². The van der Waals surface area contributed by atoms with E-state index >= 15 is 0 Å². The van der Waals surface area contributed by atoms with Gasteiger partial charge in [-0.1, -0.05) is 18.2 Å². The number of likely N-dealkylation sites (tertiary alicyclic amines) is 1. The normalized spacial score (nSPS) is 14.1. The van der Waals surface area contributed by atoms with Crippen LogP contribution in [0.5, 0.6) is 17.2 Å². The molecule has 0 aliphatic carbocycles. The molecule has 1 aliphatic heterocycles. The maximum Gasteiger partial charge on any atom is 0.226 e. The molecule has 36 heavy (non-hydrogen) atoms. The van der Waals surface area contributed by atoms with Crippen molar-refractivity contribution in [2.45, 2.75) is 25.3 Å². The fourth-order valence-electron chi connectivity index (χ4n) is 4.99. The lowest BCUT2D eigenvalue weighted by Crippen LogP contribution is -2.40. The number of aromatic nitrogens is 3. The Morgan fingerprint density at radius 1 is 0.944 bits per heavy atom. The zero-order valence-electron chi connectivity index (χ0n) is 20.8. The molecule has 4 aromatic rings. The quantitative estimate of drug-likeness (QED) is 0.382. The molecule has 0 saturated carbocycles. The summed E-state index contributed by atoms with van der Waals surface area (Å²) in [7, 11) is 4.72. The number of pyridine rings is 1. The zero-order chi connectivity index (χ0) is 25.1. The van der Waals surface area contributed by atoms with Gasteiger partial charge in [-0.15, -0.1) is 0 Å². The molecule has 2 aromatic carbocycles. The first kappa shape index (κ1) is 23.7. The molecular weight excluding hydrogens is 456 g/mol. The van der Waals surface area contributed by atoms with Gasteiger partial charge in [0.1, 0.15) is 5.69 Å². The monoisotopic (exact) mass is 486 g/mol. The van der Waals surface area contributed by atoms with E-state index < -0.39 is 0 Å². The Morgan fingerprint density at radius 2 is 1.64 bits per heavy atom. The van der Waals surface area contributed by atoms with Crippen LogP contribution in [0, 0.1) is 0 Å². The van der Waals surface area contributed by atoms with Crippen LogP contribution >= 0.6 is 0 Å². The summed E-state index contributed by atoms with van der Waals surface area (Å²) in [5, 5.41) is 0. The molecule has 0 unspecified atom stereocenters. The van der Waals surface area contributed by atoms with Gasteiger partial charge in [0.25, 0.3) is 0 Å². The number of rotatable bonds is 7. The largest absolute Gasteiger partial charge is 0.493 e. The van der Waals surface area contributed by atoms with Gasteiger partial charge in [0.05, 0.1) is 38.8 Å². The molecule has 0 atom stereocenters. The Morgan fingerprint density at radius 3 is 2.28 bits per heavy atom. The summed E-state index contributed by atoms with van der Waals surface area (Å²) in [5.74, 6) is 2.58. The van der Waals surface area contributed by atoms with Crippen LogP contribution in [0.25, 0.3) is 22.6 Å². The van der Waals surface area contributed by atoms with Crippen LogP contribution in [0.2, 0.25) is 0 Å². The lowest BCUT2D eigenvalue weighted by atomic mass is 10.0. The molecule has 5 rings (SSSR count). The van der Waals surface area contributed by atoms with Crippen LogP contribution in [0.15, 0.2) is 60.8 Å². The van der Waals surface area contributed by atoms with Crippen LogP contribution in [0.4, 0.5) is 0 Å². The number of para-hydroxylation sites is 2. The molecule has 186 valence electrons. The number of amides is 1. The Labute approximate surface area is 210 Å². The van der Waals surface area contributed by atoms with E-state index in [0.29, 0.717) is 30.3 Å². The molecule has 8 nitrogen and oxygen atoms in total. The van der Waals surface area contributed by atoms with E-state index in [-0.39, 0.29) is 18.4 Å². The number of piperidine rings is 1. The summed E-state index contributed by atoms with van der Waals surface area (Å²) >= 11 is 0. The lowest BCUT2D eigenvalue weighted by molar-refractivity contribution is -0.131. The van der Waals surface area contributed by atoms with Gasteiger partial charge in [-0.2, -0.15) is 0 Å². The van der Waals surface area contributed by atoms with E-state index in [9.17, 15) is 4.79 Å². The van der Waals surface area contributed by atoms with Crippen molar-refractivity contribution in [1.82, 2.24) is 19.4 Å². The van der Waals surface area contributed by atoms with E-state index in [4.69, 9.17) is 19.2 Å². The fourth-order valence-corrected chi connectivity index (χ4v) is 4.99. The van der Waals surface area contributed by atoms with Gasteiger partial charge in [0.2, 0.25) is 11.7 Å². The van der Waals surface area contributed by atoms with Crippen LogP contribution < -0.4 is 14.2 Å². The lowest BCUT2D eigenvalue weighted by Gasteiger charge is -2.33. The van der Waals surface area contributed by atoms with Crippen molar-refractivity contribution in [3.63, 3.8) is 0 Å². The first-order valence-electron chi connectivity index (χ1n) is 12.1. The number of carbonyl (C=O) groups is 1. The molecule has 1 aliphatic rings. The average molecular weight is 487 g/mol. The van der Waals surface area contributed by atoms with Crippen molar-refractivity contribution < 1.29 is 19.0 Å². The minimum Gasteiger partial charge on any atom is -0.493 e. The number of ether oxygens (including phenoxy) is 3. The predicted molar refractivity (Wildman–Crippen MR) is 138 cm³/mol. The Hall–Kier alpha value is -4.07. The highest BCUT2D eigenvalue weighted by Crippen LogP contribution is 2.38. The van der Waals surface area contributed by atoms with Gasteiger partial charge in [-0.05, 0) is 54.8 Å². The predicted octanol–water partition coefficient (Wildman–Crippen LogP) is 4.53. The molecule has 1 amide bonds. The highest BCUT2D eigenvalue weighted by Gasteiger charge is 2.28. The Balaban J connectivity index is 1.34. The molecule has 1 saturated heterocycles. The maximum atomic E-state index is 13.2. The van der Waals surface area contributed by atoms with E-state index in [2.05, 4.69) is 15.6 Å². The summed E-state index contributed by atoms with van der Waals surface area (Å²) in [6.07, 6.45) is 3.76. The second-order valence-corrected chi connectivity index (χ2v) is 8.83. The van der Waals surface area contributed by atoms with E-state index in [1.54, 1.807) is 27.5 Å². The molecule has 0 radical (unpaired) electrons. The zero-order valence-corrected chi connectivity index (χ0v) is 20.8. The van der Waals surface area contributed by atoms with Gasteiger partial charge in [0.15, 0.2) is 17.3 Å². The topological polar surface area (TPSA) is 78.7 Å². The molecule has 0 bridgehead atoms. The van der Waals surface area contributed by atoms with Crippen molar-refractivity contribution >= 4 is 16.9 Å². The highest BCUT2D eigenvalue weighted by molar-refractivity contribution is 5.81. The number of fused-ring (bicyclic) bond motifs is 1. The van der Waals surface area contributed by atoms with Crippen molar-refractivity contribution in [3.8, 4) is 28.8 Å². The molecule has 0 spiro atoms. The first-order chi connectivity index (χ1) is 17.6. The minimum atomic E-state index is 0.0863. The van der Waals surface area contributed by atoms with Gasteiger partial charge in [0, 0.05) is 25.3 Å². The minimum absolute atomic E-state index is 0.0863. The number of methoxy groups -OCH3 is 3. The first-order valence-corrected chi connectivity index (χ1v) is 12.1. The SMILES string of the molecule is COc1cc(CC(=O)N2CCC(n3c(-c4ccccn4)nc4ccccc43)CC2)cc(OC)c1OC. The van der Waals surface area contributed by atoms with E-state index in [1.165, 1.54) is 0 Å². The van der Waals surface area contributed by atoms with Gasteiger partial charge >= 0.3 is 0 Å². The summed E-state index contributed by atoms with van der Waals surface area (Å²) in [5.41, 5.74) is 3.74. The standard InChI is InChI=1S/C28H30N4O4/c1-34-24-16-19(17-25(35-2)27(24)36-3)18-26(33)31-14-11-20(12-15-31)32-23-10-5-4-8-21(23)30-28(32)22-9-6-7-13-29-22/h4-10,13,16-17,20H,11-12,14-15,18H2,1-3H3. The highest BCUT2D eigenvalue weighted by atomic mass is 16.5.